The molecule has 0 aliphatic rings. The summed E-state index contributed by atoms with van der Waals surface area (Å²) in [5.74, 6) is -0.253. The largest absolute Gasteiger partial charge is 0.383 e. The summed E-state index contributed by atoms with van der Waals surface area (Å²) in [4.78, 5) is 18.0. The molecule has 0 fully saturated rings. The normalized spacial score (nSPS) is 12.8. The lowest BCUT2D eigenvalue weighted by Gasteiger charge is -2.04. The smallest absolute Gasteiger partial charge is 0.253 e. The molecule has 0 atom stereocenters. The first kappa shape index (κ1) is 18.9. The molecule has 0 unspecified atom stereocenters. The van der Waals surface area contributed by atoms with E-state index in [2.05, 4.69) is 4.99 Å². The number of rotatable bonds is 6. The number of thiophene rings is 1. The van der Waals surface area contributed by atoms with Gasteiger partial charge >= 0.3 is 0 Å². The predicted molar refractivity (Wildman–Crippen MR) is 102 cm³/mol. The number of carbonyl (C=O) groups is 1. The number of methoxy groups -OCH3 is 1. The lowest BCUT2D eigenvalue weighted by molar-refractivity contribution is -0.117. The first-order valence-corrected chi connectivity index (χ1v) is 10.9. The average molecular weight is 412 g/mol. The van der Waals surface area contributed by atoms with E-state index in [9.17, 15) is 13.2 Å². The van der Waals surface area contributed by atoms with E-state index in [4.69, 9.17) is 9.88 Å². The van der Waals surface area contributed by atoms with Gasteiger partial charge in [0.2, 0.25) is 10.0 Å². The van der Waals surface area contributed by atoms with Crippen LogP contribution in [0.1, 0.15) is 4.88 Å². The zero-order valence-electron chi connectivity index (χ0n) is 13.9. The van der Waals surface area contributed by atoms with E-state index in [1.54, 1.807) is 13.2 Å². The number of carbonyl (C=O) groups excluding carboxylic acids is 1. The molecule has 2 heterocycles. The maximum absolute atomic E-state index is 12.3. The molecule has 10 heteroatoms. The number of ether oxygens (including phenoxy) is 1. The third-order valence-corrected chi connectivity index (χ3v) is 6.46. The van der Waals surface area contributed by atoms with Crippen molar-refractivity contribution in [2.45, 2.75) is 17.9 Å². The molecular formula is C16H17N3O4S3. The van der Waals surface area contributed by atoms with Gasteiger partial charge in [0, 0.05) is 18.5 Å². The Morgan fingerprint density at radius 3 is 2.81 bits per heavy atom. The van der Waals surface area contributed by atoms with Crippen LogP contribution in [-0.4, -0.2) is 32.6 Å². The molecule has 1 aromatic carbocycles. The zero-order chi connectivity index (χ0) is 18.7. The molecule has 3 rings (SSSR count). The third-order valence-electron chi connectivity index (χ3n) is 3.63. The minimum absolute atomic E-state index is 0.0293. The van der Waals surface area contributed by atoms with Crippen molar-refractivity contribution in [3.05, 3.63) is 45.4 Å². The molecule has 0 bridgehead atoms. The summed E-state index contributed by atoms with van der Waals surface area (Å²) in [7, 11) is -2.21. The Balaban J connectivity index is 2.07. The SMILES string of the molecule is COCCn1c(=NC(=O)Cc2cccs2)sc2cc(S(N)(=O)=O)ccc21. The zero-order valence-corrected chi connectivity index (χ0v) is 16.4. The van der Waals surface area contributed by atoms with E-state index in [0.717, 1.165) is 10.4 Å². The molecule has 26 heavy (non-hydrogen) atoms. The van der Waals surface area contributed by atoms with Crippen LogP contribution in [0.5, 0.6) is 0 Å². The van der Waals surface area contributed by atoms with Crippen LogP contribution >= 0.6 is 22.7 Å². The molecule has 2 N–H and O–H groups in total. The average Bonchev–Trinajstić information content (AvgIpc) is 3.19. The number of hydrogen-bond acceptors (Lipinski definition) is 6. The fourth-order valence-corrected chi connectivity index (χ4v) is 4.85. The Bertz CT molecular complexity index is 1100. The molecule has 0 aliphatic heterocycles. The van der Waals surface area contributed by atoms with Crippen LogP contribution in [-0.2, 0) is 32.5 Å². The first-order chi connectivity index (χ1) is 12.4. The molecular weight excluding hydrogens is 394 g/mol. The van der Waals surface area contributed by atoms with E-state index in [1.165, 1.54) is 34.8 Å². The summed E-state index contributed by atoms with van der Waals surface area (Å²) in [6.45, 7) is 0.936. The van der Waals surface area contributed by atoms with Crippen molar-refractivity contribution in [3.8, 4) is 0 Å². The highest BCUT2D eigenvalue weighted by Crippen LogP contribution is 2.21. The van der Waals surface area contributed by atoms with Gasteiger partial charge in [0.25, 0.3) is 5.91 Å². The molecule has 0 aliphatic carbocycles. The van der Waals surface area contributed by atoms with Gasteiger partial charge in [0.1, 0.15) is 0 Å². The standard InChI is InChI=1S/C16H17N3O4S3/c1-23-7-6-19-13-5-4-12(26(17,21)22)10-14(13)25-16(19)18-15(20)9-11-3-2-8-24-11/h2-5,8,10H,6-7,9H2,1H3,(H2,17,21,22). The van der Waals surface area contributed by atoms with Crippen LogP contribution < -0.4 is 9.94 Å². The van der Waals surface area contributed by atoms with Crippen molar-refractivity contribution in [1.29, 1.82) is 0 Å². The Labute approximate surface area is 158 Å². The van der Waals surface area contributed by atoms with E-state index < -0.39 is 10.0 Å². The van der Waals surface area contributed by atoms with Crippen molar-refractivity contribution in [2.24, 2.45) is 10.1 Å². The van der Waals surface area contributed by atoms with Gasteiger partial charge in [0.15, 0.2) is 4.80 Å². The van der Waals surface area contributed by atoms with Crippen molar-refractivity contribution < 1.29 is 17.9 Å². The highest BCUT2D eigenvalue weighted by molar-refractivity contribution is 7.89. The number of sulfonamides is 1. The second-order valence-corrected chi connectivity index (χ2v) is 9.07. The van der Waals surface area contributed by atoms with Gasteiger partial charge in [-0.3, -0.25) is 4.79 Å². The first-order valence-electron chi connectivity index (χ1n) is 7.63. The minimum atomic E-state index is -3.80. The summed E-state index contributed by atoms with van der Waals surface area (Å²) in [5, 5.41) is 7.12. The number of benzene rings is 1. The highest BCUT2D eigenvalue weighted by atomic mass is 32.2. The van der Waals surface area contributed by atoms with Gasteiger partial charge in [-0.1, -0.05) is 17.4 Å². The Kier molecular flexibility index (Phi) is 5.68. The van der Waals surface area contributed by atoms with Crippen molar-refractivity contribution in [2.75, 3.05) is 13.7 Å². The summed E-state index contributed by atoms with van der Waals surface area (Å²) >= 11 is 2.75. The van der Waals surface area contributed by atoms with Crippen LogP contribution in [0, 0.1) is 0 Å². The minimum Gasteiger partial charge on any atom is -0.383 e. The second-order valence-electron chi connectivity index (χ2n) is 5.47. The molecule has 7 nitrogen and oxygen atoms in total. The number of aromatic nitrogens is 1. The Hall–Kier alpha value is -1.85. The number of primary sulfonamides is 1. The number of nitrogens with two attached hydrogens (primary N) is 1. The molecule has 1 amide bonds. The van der Waals surface area contributed by atoms with Crippen LogP contribution in [0.4, 0.5) is 0 Å². The van der Waals surface area contributed by atoms with Crippen LogP contribution in [0.3, 0.4) is 0 Å². The van der Waals surface area contributed by atoms with Gasteiger partial charge in [-0.05, 0) is 29.6 Å². The molecule has 3 aromatic rings. The fourth-order valence-electron chi connectivity index (χ4n) is 2.42. The third kappa shape index (κ3) is 4.27. The van der Waals surface area contributed by atoms with E-state index in [1.807, 2.05) is 22.1 Å². The molecule has 2 aromatic heterocycles. The number of amides is 1. The Morgan fingerprint density at radius 2 is 2.15 bits per heavy atom. The summed E-state index contributed by atoms with van der Waals surface area (Å²) < 4.78 is 30.8. The summed E-state index contributed by atoms with van der Waals surface area (Å²) in [6.07, 6.45) is 0.235. The maximum atomic E-state index is 12.3. The summed E-state index contributed by atoms with van der Waals surface area (Å²) in [5.41, 5.74) is 0.780. The molecule has 0 spiro atoms. The topological polar surface area (TPSA) is 104 Å². The lowest BCUT2D eigenvalue weighted by atomic mass is 10.3. The van der Waals surface area contributed by atoms with Crippen molar-refractivity contribution in [3.63, 3.8) is 0 Å². The van der Waals surface area contributed by atoms with Crippen LogP contribution in [0.15, 0.2) is 45.6 Å². The quantitative estimate of drug-likeness (QED) is 0.667. The second kappa shape index (κ2) is 7.80. The summed E-state index contributed by atoms with van der Waals surface area (Å²) in [6, 6.07) is 8.40. The number of nitrogens with zero attached hydrogens (tertiary/aromatic N) is 2. The predicted octanol–water partition coefficient (Wildman–Crippen LogP) is 1.73. The van der Waals surface area contributed by atoms with Crippen molar-refractivity contribution >= 4 is 48.8 Å². The van der Waals surface area contributed by atoms with Gasteiger partial charge < -0.3 is 9.30 Å². The lowest BCUT2D eigenvalue weighted by Crippen LogP contribution is -2.19. The van der Waals surface area contributed by atoms with E-state index in [-0.39, 0.29) is 17.2 Å². The molecule has 0 radical (unpaired) electrons. The van der Waals surface area contributed by atoms with Gasteiger partial charge in [0.05, 0.1) is 28.1 Å². The highest BCUT2D eigenvalue weighted by Gasteiger charge is 2.13. The van der Waals surface area contributed by atoms with E-state index in [0.29, 0.717) is 22.7 Å². The maximum Gasteiger partial charge on any atom is 0.253 e. The monoisotopic (exact) mass is 411 g/mol. The molecule has 0 saturated carbocycles. The number of thiazole rings is 1. The van der Waals surface area contributed by atoms with Gasteiger partial charge in [-0.15, -0.1) is 11.3 Å². The number of fused-ring (bicyclic) bond motifs is 1. The number of hydrogen-bond donors (Lipinski definition) is 1. The van der Waals surface area contributed by atoms with Crippen LogP contribution in [0.25, 0.3) is 10.2 Å². The molecule has 138 valence electrons. The molecule has 0 saturated heterocycles. The van der Waals surface area contributed by atoms with Crippen LogP contribution in [0.2, 0.25) is 0 Å². The van der Waals surface area contributed by atoms with Crippen molar-refractivity contribution in [1.82, 2.24) is 4.57 Å². The van der Waals surface area contributed by atoms with Gasteiger partial charge in [-0.2, -0.15) is 4.99 Å². The Morgan fingerprint density at radius 1 is 1.35 bits per heavy atom. The fraction of sp³-hybridized carbons (Fsp3) is 0.250. The van der Waals surface area contributed by atoms with E-state index >= 15 is 0 Å². The van der Waals surface area contributed by atoms with Gasteiger partial charge in [-0.25, -0.2) is 13.6 Å².